The van der Waals surface area contributed by atoms with Crippen LogP contribution in [0.1, 0.15) is 34.3 Å². The van der Waals surface area contributed by atoms with Crippen molar-refractivity contribution < 1.29 is 4.79 Å². The monoisotopic (exact) mass is 289 g/mol. The molecule has 0 saturated heterocycles. The molecule has 0 atom stereocenters. The van der Waals surface area contributed by atoms with Crippen molar-refractivity contribution in [3.8, 4) is 11.3 Å². The quantitative estimate of drug-likeness (QED) is 0.673. The SMILES string of the molecule is Cc1ccc(-c2[nH]c3ccc(C)cc3c2C(=O)C2CC2)cc1. The summed E-state index contributed by atoms with van der Waals surface area (Å²) in [6, 6.07) is 14.7. The third kappa shape index (κ3) is 2.16. The van der Waals surface area contributed by atoms with Gasteiger partial charge in [-0.1, -0.05) is 41.5 Å². The molecule has 3 aromatic rings. The number of rotatable bonds is 3. The van der Waals surface area contributed by atoms with Gasteiger partial charge in [0.15, 0.2) is 5.78 Å². The first-order valence-electron chi connectivity index (χ1n) is 7.87. The van der Waals surface area contributed by atoms with E-state index in [1.165, 1.54) is 11.1 Å². The van der Waals surface area contributed by atoms with Crippen LogP contribution in [0, 0.1) is 19.8 Å². The van der Waals surface area contributed by atoms with Gasteiger partial charge >= 0.3 is 0 Å². The number of aromatic nitrogens is 1. The molecule has 110 valence electrons. The molecule has 1 aromatic heterocycles. The molecule has 1 saturated carbocycles. The number of carbonyl (C=O) groups is 1. The number of aromatic amines is 1. The molecule has 1 heterocycles. The van der Waals surface area contributed by atoms with E-state index in [0.29, 0.717) is 5.78 Å². The zero-order chi connectivity index (χ0) is 15.3. The maximum atomic E-state index is 12.8. The van der Waals surface area contributed by atoms with Gasteiger partial charge in [-0.2, -0.15) is 0 Å². The summed E-state index contributed by atoms with van der Waals surface area (Å²) < 4.78 is 0. The number of Topliss-reactive ketones (excluding diaryl/α,β-unsaturated/α-hetero) is 1. The van der Waals surface area contributed by atoms with Gasteiger partial charge in [-0.15, -0.1) is 0 Å². The average molecular weight is 289 g/mol. The van der Waals surface area contributed by atoms with Gasteiger partial charge in [0.05, 0.1) is 11.3 Å². The van der Waals surface area contributed by atoms with Gasteiger partial charge in [-0.05, 0) is 44.4 Å². The molecule has 0 aliphatic heterocycles. The van der Waals surface area contributed by atoms with E-state index in [1.807, 2.05) is 0 Å². The summed E-state index contributed by atoms with van der Waals surface area (Å²) in [6.07, 6.45) is 2.06. The van der Waals surface area contributed by atoms with Crippen LogP contribution in [0.25, 0.3) is 22.2 Å². The standard InChI is InChI=1S/C20H19NO/c1-12-3-6-14(7-4-12)19-18(20(22)15-8-9-15)16-11-13(2)5-10-17(16)21-19/h3-7,10-11,15,21H,8-9H2,1-2H3. The highest BCUT2D eigenvalue weighted by atomic mass is 16.1. The summed E-state index contributed by atoms with van der Waals surface area (Å²) in [5, 5.41) is 1.06. The van der Waals surface area contributed by atoms with Crippen molar-refractivity contribution in [1.82, 2.24) is 4.98 Å². The third-order valence-electron chi connectivity index (χ3n) is 4.49. The van der Waals surface area contributed by atoms with Crippen molar-refractivity contribution >= 4 is 16.7 Å². The number of H-pyrrole nitrogens is 1. The fraction of sp³-hybridized carbons (Fsp3) is 0.250. The Bertz CT molecular complexity index is 867. The van der Waals surface area contributed by atoms with Gasteiger partial charge < -0.3 is 4.98 Å². The summed E-state index contributed by atoms with van der Waals surface area (Å²) >= 11 is 0. The molecule has 0 bridgehead atoms. The molecule has 2 aromatic carbocycles. The van der Waals surface area contributed by atoms with Gasteiger partial charge in [0.1, 0.15) is 0 Å². The smallest absolute Gasteiger partial charge is 0.168 e. The second-order valence-corrected chi connectivity index (χ2v) is 6.43. The number of benzene rings is 2. The van der Waals surface area contributed by atoms with Gasteiger partial charge in [-0.25, -0.2) is 0 Å². The van der Waals surface area contributed by atoms with E-state index in [2.05, 4.69) is 61.3 Å². The predicted molar refractivity (Wildman–Crippen MR) is 90.3 cm³/mol. The number of fused-ring (bicyclic) bond motifs is 1. The lowest BCUT2D eigenvalue weighted by atomic mass is 9.98. The lowest BCUT2D eigenvalue weighted by Gasteiger charge is -2.04. The molecule has 0 amide bonds. The van der Waals surface area contributed by atoms with Crippen molar-refractivity contribution in [2.75, 3.05) is 0 Å². The highest BCUT2D eigenvalue weighted by Gasteiger charge is 2.33. The molecule has 1 aliphatic carbocycles. The zero-order valence-corrected chi connectivity index (χ0v) is 12.9. The van der Waals surface area contributed by atoms with Crippen LogP contribution in [-0.2, 0) is 0 Å². The first kappa shape index (κ1) is 13.3. The summed E-state index contributed by atoms with van der Waals surface area (Å²) in [5.41, 5.74) is 6.40. The van der Waals surface area contributed by atoms with Crippen LogP contribution in [-0.4, -0.2) is 10.8 Å². The Hall–Kier alpha value is -2.35. The van der Waals surface area contributed by atoms with Crippen LogP contribution in [0.2, 0.25) is 0 Å². The highest BCUT2D eigenvalue weighted by Crippen LogP contribution is 2.39. The molecule has 0 radical (unpaired) electrons. The van der Waals surface area contributed by atoms with Crippen molar-refractivity contribution in [3.05, 3.63) is 59.2 Å². The minimum Gasteiger partial charge on any atom is -0.354 e. The summed E-state index contributed by atoms with van der Waals surface area (Å²) in [5.74, 6) is 0.524. The van der Waals surface area contributed by atoms with Crippen molar-refractivity contribution in [3.63, 3.8) is 0 Å². The predicted octanol–water partition coefficient (Wildman–Crippen LogP) is 5.04. The second kappa shape index (κ2) is 4.84. The number of hydrogen-bond donors (Lipinski definition) is 1. The van der Waals surface area contributed by atoms with Crippen LogP contribution < -0.4 is 0 Å². The minimum atomic E-state index is 0.226. The number of hydrogen-bond acceptors (Lipinski definition) is 1. The number of nitrogens with one attached hydrogen (secondary N) is 1. The van der Waals surface area contributed by atoms with Gasteiger partial charge in [-0.3, -0.25) is 4.79 Å². The first-order chi connectivity index (χ1) is 10.6. The lowest BCUT2D eigenvalue weighted by molar-refractivity contribution is 0.0970. The molecule has 0 unspecified atom stereocenters. The van der Waals surface area contributed by atoms with Crippen LogP contribution >= 0.6 is 0 Å². The fourth-order valence-corrected chi connectivity index (χ4v) is 3.05. The maximum Gasteiger partial charge on any atom is 0.168 e. The molecule has 2 heteroatoms. The highest BCUT2D eigenvalue weighted by molar-refractivity contribution is 6.14. The molecular formula is C20H19NO. The summed E-state index contributed by atoms with van der Waals surface area (Å²) in [4.78, 5) is 16.3. The van der Waals surface area contributed by atoms with Crippen LogP contribution in [0.3, 0.4) is 0 Å². The van der Waals surface area contributed by atoms with Crippen molar-refractivity contribution in [2.24, 2.45) is 5.92 Å². The molecule has 22 heavy (non-hydrogen) atoms. The van der Waals surface area contributed by atoms with E-state index in [4.69, 9.17) is 0 Å². The normalized spacial score (nSPS) is 14.5. The summed E-state index contributed by atoms with van der Waals surface area (Å²) in [6.45, 7) is 4.15. The van der Waals surface area contributed by atoms with E-state index in [-0.39, 0.29) is 5.92 Å². The van der Waals surface area contributed by atoms with Crippen molar-refractivity contribution in [2.45, 2.75) is 26.7 Å². The third-order valence-corrected chi connectivity index (χ3v) is 4.49. The van der Waals surface area contributed by atoms with Gasteiger partial charge in [0.2, 0.25) is 0 Å². The Morgan fingerprint density at radius 2 is 1.68 bits per heavy atom. The number of ketones is 1. The Morgan fingerprint density at radius 1 is 1.00 bits per heavy atom. The van der Waals surface area contributed by atoms with Crippen LogP contribution in [0.15, 0.2) is 42.5 Å². The zero-order valence-electron chi connectivity index (χ0n) is 12.9. The van der Waals surface area contributed by atoms with E-state index in [0.717, 1.165) is 40.6 Å². The van der Waals surface area contributed by atoms with Gasteiger partial charge in [0, 0.05) is 16.8 Å². The Kier molecular flexibility index (Phi) is 2.93. The van der Waals surface area contributed by atoms with E-state index in [9.17, 15) is 4.79 Å². The van der Waals surface area contributed by atoms with E-state index in [1.54, 1.807) is 0 Å². The molecule has 1 aliphatic rings. The fourth-order valence-electron chi connectivity index (χ4n) is 3.05. The first-order valence-corrected chi connectivity index (χ1v) is 7.87. The molecule has 1 fully saturated rings. The molecular weight excluding hydrogens is 270 g/mol. The molecule has 4 rings (SSSR count). The maximum absolute atomic E-state index is 12.8. The lowest BCUT2D eigenvalue weighted by Crippen LogP contribution is -2.02. The largest absolute Gasteiger partial charge is 0.354 e. The second-order valence-electron chi connectivity index (χ2n) is 6.43. The van der Waals surface area contributed by atoms with E-state index >= 15 is 0 Å². The minimum absolute atomic E-state index is 0.226. The number of aryl methyl sites for hydroxylation is 2. The average Bonchev–Trinajstić information content (AvgIpc) is 3.29. The summed E-state index contributed by atoms with van der Waals surface area (Å²) in [7, 11) is 0. The topological polar surface area (TPSA) is 32.9 Å². The number of carbonyl (C=O) groups excluding carboxylic acids is 1. The Morgan fingerprint density at radius 3 is 2.36 bits per heavy atom. The van der Waals surface area contributed by atoms with E-state index < -0.39 is 0 Å². The molecule has 0 spiro atoms. The Balaban J connectivity index is 1.98. The van der Waals surface area contributed by atoms with Crippen LogP contribution in [0.5, 0.6) is 0 Å². The Labute approximate surface area is 130 Å². The molecule has 1 N–H and O–H groups in total. The van der Waals surface area contributed by atoms with Crippen molar-refractivity contribution in [1.29, 1.82) is 0 Å². The van der Waals surface area contributed by atoms with Gasteiger partial charge in [0.25, 0.3) is 0 Å². The van der Waals surface area contributed by atoms with Crippen LogP contribution in [0.4, 0.5) is 0 Å². The molecule has 2 nitrogen and oxygen atoms in total.